The molecule has 11 heteroatoms. The summed E-state index contributed by atoms with van der Waals surface area (Å²) in [6.45, 7) is 1.52. The number of amides is 1. The zero-order valence-electron chi connectivity index (χ0n) is 20.6. The van der Waals surface area contributed by atoms with Gasteiger partial charge in [0.1, 0.15) is 18.0 Å². The quantitative estimate of drug-likeness (QED) is 0.152. The molecule has 4 rings (SSSR count). The molecule has 2 aromatic carbocycles. The van der Waals surface area contributed by atoms with Gasteiger partial charge in [-0.05, 0) is 37.1 Å². The second kappa shape index (κ2) is 13.2. The Morgan fingerprint density at radius 1 is 1.24 bits per heavy atom. The van der Waals surface area contributed by atoms with E-state index >= 15 is 0 Å². The molecule has 1 saturated heterocycles. The Morgan fingerprint density at radius 2 is 2.08 bits per heavy atom. The Kier molecular flexibility index (Phi) is 9.54. The van der Waals surface area contributed by atoms with Crippen LogP contribution in [0.25, 0.3) is 10.9 Å². The number of halogens is 2. The Labute approximate surface area is 224 Å². The summed E-state index contributed by atoms with van der Waals surface area (Å²) in [7, 11) is 0. The summed E-state index contributed by atoms with van der Waals surface area (Å²) in [5, 5.41) is 22.1. The van der Waals surface area contributed by atoms with Crippen molar-refractivity contribution in [2.45, 2.75) is 44.6 Å². The van der Waals surface area contributed by atoms with Gasteiger partial charge in [0.15, 0.2) is 11.5 Å². The number of nitrogens with one attached hydrogen (secondary N) is 2. The number of carbonyl (C=O) groups is 1. The Hall–Kier alpha value is -3.65. The van der Waals surface area contributed by atoms with Crippen LogP contribution >= 0.6 is 11.6 Å². The Bertz CT molecular complexity index is 1330. The van der Waals surface area contributed by atoms with Crippen molar-refractivity contribution in [2.75, 3.05) is 25.1 Å². The molecule has 3 aromatic rings. The van der Waals surface area contributed by atoms with E-state index in [1.807, 2.05) is 0 Å². The number of benzene rings is 2. The van der Waals surface area contributed by atoms with Crippen molar-refractivity contribution in [3.63, 3.8) is 0 Å². The van der Waals surface area contributed by atoms with Gasteiger partial charge >= 0.3 is 0 Å². The van der Waals surface area contributed by atoms with Crippen molar-refractivity contribution >= 4 is 39.8 Å². The molecule has 1 atom stereocenters. The second-order valence-corrected chi connectivity index (χ2v) is 9.29. The van der Waals surface area contributed by atoms with E-state index in [-0.39, 0.29) is 17.5 Å². The summed E-state index contributed by atoms with van der Waals surface area (Å²) in [4.78, 5) is 15.6. The van der Waals surface area contributed by atoms with Crippen LogP contribution in [0.1, 0.15) is 44.1 Å². The summed E-state index contributed by atoms with van der Waals surface area (Å²) < 4.78 is 31.4. The Morgan fingerprint density at radius 3 is 2.82 bits per heavy atom. The summed E-state index contributed by atoms with van der Waals surface area (Å²) in [6, 6.07) is 9.94. The maximum Gasteiger partial charge on any atom is 0.243 e. The smallest absolute Gasteiger partial charge is 0.243 e. The zero-order chi connectivity index (χ0) is 26.9. The highest BCUT2D eigenvalue weighted by molar-refractivity contribution is 6.31. The third-order valence-corrected chi connectivity index (χ3v) is 6.39. The van der Waals surface area contributed by atoms with Crippen LogP contribution in [-0.4, -0.2) is 42.0 Å². The minimum absolute atomic E-state index is 0.0395. The molecule has 1 aliphatic heterocycles. The standard InChI is InChI=1S/C27H28ClFN4O5/c28-21-11-18(6-7-22(21)29)32-27-17(14-30)15-31-23-13-25(38-19-8-10-36-16-19)24(12-20(23)27)37-9-4-2-1-3-5-26(34)33-35/h6-7,11-13,15,19,35H,1-5,8-10,16H2,(H,31,32)(H,33,34)/t19-/m0/s1. The van der Waals surface area contributed by atoms with Crippen molar-refractivity contribution in [3.05, 3.63) is 52.9 Å². The van der Waals surface area contributed by atoms with Gasteiger partial charge in [-0.1, -0.05) is 24.4 Å². The van der Waals surface area contributed by atoms with Crippen molar-refractivity contribution in [1.82, 2.24) is 10.5 Å². The van der Waals surface area contributed by atoms with Crippen LogP contribution in [0.3, 0.4) is 0 Å². The maximum absolute atomic E-state index is 13.7. The fourth-order valence-corrected chi connectivity index (χ4v) is 4.29. The molecule has 1 fully saturated rings. The van der Waals surface area contributed by atoms with Gasteiger partial charge in [0.2, 0.25) is 5.91 Å². The number of pyridine rings is 1. The number of fused-ring (bicyclic) bond motifs is 1. The summed E-state index contributed by atoms with van der Waals surface area (Å²) in [6.07, 6.45) is 5.48. The molecular weight excluding hydrogens is 515 g/mol. The number of ether oxygens (including phenoxy) is 3. The second-order valence-electron chi connectivity index (χ2n) is 8.88. The molecule has 0 aliphatic carbocycles. The lowest BCUT2D eigenvalue weighted by Crippen LogP contribution is -2.17. The Balaban J connectivity index is 1.58. The first kappa shape index (κ1) is 27.4. The van der Waals surface area contributed by atoms with Gasteiger partial charge in [0, 0.05) is 36.2 Å². The fraction of sp³-hybridized carbons (Fsp3) is 0.370. The SMILES string of the molecule is N#Cc1cnc2cc(O[C@H]3CCOC3)c(OCCCCCCC(=O)NO)cc2c1Nc1ccc(F)c(Cl)c1. The van der Waals surface area contributed by atoms with E-state index in [9.17, 15) is 14.4 Å². The highest BCUT2D eigenvalue weighted by Crippen LogP contribution is 2.38. The molecule has 0 saturated carbocycles. The van der Waals surface area contributed by atoms with Gasteiger partial charge in [0.25, 0.3) is 0 Å². The van der Waals surface area contributed by atoms with Crippen LogP contribution in [0.4, 0.5) is 15.8 Å². The molecule has 1 amide bonds. The topological polar surface area (TPSA) is 126 Å². The number of nitriles is 1. The van der Waals surface area contributed by atoms with E-state index in [0.29, 0.717) is 65.6 Å². The molecule has 0 radical (unpaired) electrons. The first-order chi connectivity index (χ1) is 18.5. The predicted molar refractivity (Wildman–Crippen MR) is 140 cm³/mol. The van der Waals surface area contributed by atoms with Gasteiger partial charge < -0.3 is 19.5 Å². The molecular formula is C27H28ClFN4O5. The van der Waals surface area contributed by atoms with Gasteiger partial charge in [-0.15, -0.1) is 0 Å². The van der Waals surface area contributed by atoms with E-state index in [4.69, 9.17) is 31.0 Å². The molecule has 0 spiro atoms. The third kappa shape index (κ3) is 7.01. The third-order valence-electron chi connectivity index (χ3n) is 6.10. The number of hydroxylamine groups is 1. The molecule has 200 valence electrons. The molecule has 0 bridgehead atoms. The minimum Gasteiger partial charge on any atom is -0.490 e. The van der Waals surface area contributed by atoms with E-state index in [1.165, 1.54) is 24.4 Å². The van der Waals surface area contributed by atoms with Crippen LogP contribution in [0, 0.1) is 17.1 Å². The van der Waals surface area contributed by atoms with Crippen LogP contribution < -0.4 is 20.3 Å². The van der Waals surface area contributed by atoms with Gasteiger partial charge in [-0.3, -0.25) is 15.0 Å². The number of hydrogen-bond acceptors (Lipinski definition) is 8. The lowest BCUT2D eigenvalue weighted by Gasteiger charge is -2.19. The fourth-order valence-electron chi connectivity index (χ4n) is 4.11. The number of carbonyl (C=O) groups excluding carboxylic acids is 1. The normalized spacial score (nSPS) is 14.7. The average Bonchev–Trinajstić information content (AvgIpc) is 3.43. The van der Waals surface area contributed by atoms with Crippen LogP contribution in [0.5, 0.6) is 11.5 Å². The van der Waals surface area contributed by atoms with Crippen LogP contribution in [-0.2, 0) is 9.53 Å². The minimum atomic E-state index is -0.539. The highest BCUT2D eigenvalue weighted by atomic mass is 35.5. The van der Waals surface area contributed by atoms with Gasteiger partial charge in [-0.25, -0.2) is 9.87 Å². The first-order valence-corrected chi connectivity index (χ1v) is 12.8. The first-order valence-electron chi connectivity index (χ1n) is 12.4. The zero-order valence-corrected chi connectivity index (χ0v) is 21.4. The molecule has 1 aliphatic rings. The molecule has 2 heterocycles. The van der Waals surface area contributed by atoms with E-state index in [1.54, 1.807) is 17.6 Å². The molecule has 0 unspecified atom stereocenters. The summed E-state index contributed by atoms with van der Waals surface area (Å²) >= 11 is 5.95. The lowest BCUT2D eigenvalue weighted by atomic mass is 10.1. The summed E-state index contributed by atoms with van der Waals surface area (Å²) in [5.74, 6) is 0.0943. The predicted octanol–water partition coefficient (Wildman–Crippen LogP) is 5.64. The van der Waals surface area contributed by atoms with E-state index < -0.39 is 11.7 Å². The molecule has 1 aromatic heterocycles. The summed E-state index contributed by atoms with van der Waals surface area (Å²) in [5.41, 5.74) is 3.52. The number of rotatable bonds is 12. The number of hydrogen-bond donors (Lipinski definition) is 3. The van der Waals surface area contributed by atoms with Gasteiger partial charge in [-0.2, -0.15) is 5.26 Å². The maximum atomic E-state index is 13.7. The van der Waals surface area contributed by atoms with E-state index in [0.717, 1.165) is 25.7 Å². The lowest BCUT2D eigenvalue weighted by molar-refractivity contribution is -0.129. The van der Waals surface area contributed by atoms with Crippen LogP contribution in [0.2, 0.25) is 5.02 Å². The highest BCUT2D eigenvalue weighted by Gasteiger charge is 2.21. The number of unbranched alkanes of at least 4 members (excludes halogenated alkanes) is 3. The molecule has 38 heavy (non-hydrogen) atoms. The number of aromatic nitrogens is 1. The largest absolute Gasteiger partial charge is 0.490 e. The average molecular weight is 543 g/mol. The number of anilines is 2. The van der Waals surface area contributed by atoms with E-state index in [2.05, 4.69) is 16.4 Å². The van der Waals surface area contributed by atoms with Crippen molar-refractivity contribution in [1.29, 1.82) is 5.26 Å². The monoisotopic (exact) mass is 542 g/mol. The number of nitrogens with zero attached hydrogens (tertiary/aromatic N) is 2. The molecule has 3 N–H and O–H groups in total. The van der Waals surface area contributed by atoms with Crippen molar-refractivity contribution in [2.24, 2.45) is 0 Å². The molecule has 9 nitrogen and oxygen atoms in total. The van der Waals surface area contributed by atoms with Crippen molar-refractivity contribution < 1.29 is 28.6 Å². The van der Waals surface area contributed by atoms with Crippen LogP contribution in [0.15, 0.2) is 36.5 Å². The van der Waals surface area contributed by atoms with Crippen molar-refractivity contribution in [3.8, 4) is 17.6 Å². The van der Waals surface area contributed by atoms with Gasteiger partial charge in [0.05, 0.1) is 41.6 Å².